The second-order valence-corrected chi connectivity index (χ2v) is 4.37. The quantitative estimate of drug-likeness (QED) is 0.738. The van der Waals surface area contributed by atoms with Crippen molar-refractivity contribution in [2.75, 3.05) is 12.5 Å². The van der Waals surface area contributed by atoms with Crippen LogP contribution >= 0.6 is 11.6 Å². The van der Waals surface area contributed by atoms with Crippen LogP contribution in [0.4, 0.5) is 0 Å². The van der Waals surface area contributed by atoms with E-state index in [4.69, 9.17) is 16.3 Å². The molecule has 0 spiro atoms. The lowest BCUT2D eigenvalue weighted by Gasteiger charge is -2.24. The van der Waals surface area contributed by atoms with Gasteiger partial charge in [0.2, 0.25) is 0 Å². The van der Waals surface area contributed by atoms with Crippen LogP contribution in [-0.2, 0) is 4.74 Å². The van der Waals surface area contributed by atoms with Crippen molar-refractivity contribution in [3.05, 3.63) is 33.1 Å². The molecule has 1 fully saturated rings. The number of alkyl halides is 1. The number of aliphatic hydroxyl groups is 1. The van der Waals surface area contributed by atoms with E-state index >= 15 is 0 Å². The van der Waals surface area contributed by atoms with E-state index in [-0.39, 0.29) is 12.5 Å². The molecule has 2 atom stereocenters. The molecule has 2 heterocycles. The summed E-state index contributed by atoms with van der Waals surface area (Å²) >= 11 is 5.75. The van der Waals surface area contributed by atoms with Crippen LogP contribution in [0.3, 0.4) is 0 Å². The van der Waals surface area contributed by atoms with Gasteiger partial charge in [-0.25, -0.2) is 4.79 Å². The van der Waals surface area contributed by atoms with Gasteiger partial charge in [0.1, 0.15) is 11.8 Å². The Morgan fingerprint density at radius 3 is 2.94 bits per heavy atom. The van der Waals surface area contributed by atoms with Crippen molar-refractivity contribution in [1.82, 2.24) is 9.55 Å². The Hall–Kier alpha value is -1.11. The van der Waals surface area contributed by atoms with Gasteiger partial charge < -0.3 is 9.84 Å². The zero-order valence-corrected chi connectivity index (χ0v) is 9.81. The van der Waals surface area contributed by atoms with Crippen LogP contribution in [0, 0.1) is 0 Å². The fourth-order valence-electron chi connectivity index (χ4n) is 1.90. The standard InChI is InChI=1S/C10H13ClN2O4/c11-5-10(6-14)3-1-8(17-10)13-4-2-7(15)12-9(13)16/h2,4,8,14H,1,3,5-6H2,(H,12,15,16)/t8-,10+/m0/s1. The lowest BCUT2D eigenvalue weighted by molar-refractivity contribution is -0.0859. The van der Waals surface area contributed by atoms with Gasteiger partial charge in [0.15, 0.2) is 0 Å². The predicted octanol–water partition coefficient (Wildman–Crippen LogP) is -0.185. The summed E-state index contributed by atoms with van der Waals surface area (Å²) in [5, 5.41) is 9.24. The molecular weight excluding hydrogens is 248 g/mol. The molecule has 0 amide bonds. The summed E-state index contributed by atoms with van der Waals surface area (Å²) in [6.07, 6.45) is 2.03. The van der Waals surface area contributed by atoms with Crippen LogP contribution in [0.1, 0.15) is 19.1 Å². The molecule has 1 saturated heterocycles. The SMILES string of the molecule is O=c1ccn([C@@H]2CC[C@](CO)(CCl)O2)c(=O)[nH]1. The molecule has 1 aromatic rings. The first-order valence-corrected chi connectivity index (χ1v) is 5.80. The molecule has 1 aliphatic rings. The Kier molecular flexibility index (Phi) is 3.37. The van der Waals surface area contributed by atoms with E-state index in [1.165, 1.54) is 16.8 Å². The second-order valence-electron chi connectivity index (χ2n) is 4.10. The minimum absolute atomic E-state index is 0.165. The maximum absolute atomic E-state index is 11.5. The number of rotatable bonds is 3. The van der Waals surface area contributed by atoms with Crippen molar-refractivity contribution in [3.8, 4) is 0 Å². The number of aliphatic hydroxyl groups excluding tert-OH is 1. The zero-order chi connectivity index (χ0) is 12.5. The summed E-state index contributed by atoms with van der Waals surface area (Å²) in [4.78, 5) is 24.6. The van der Waals surface area contributed by atoms with Crippen molar-refractivity contribution in [1.29, 1.82) is 0 Å². The van der Waals surface area contributed by atoms with Crippen LogP contribution in [0.25, 0.3) is 0 Å². The topological polar surface area (TPSA) is 84.3 Å². The lowest BCUT2D eigenvalue weighted by Crippen LogP contribution is -2.37. The third-order valence-electron chi connectivity index (χ3n) is 2.93. The van der Waals surface area contributed by atoms with Crippen LogP contribution in [0.5, 0.6) is 0 Å². The Morgan fingerprint density at radius 1 is 1.65 bits per heavy atom. The largest absolute Gasteiger partial charge is 0.393 e. The Labute approximate surface area is 102 Å². The minimum Gasteiger partial charge on any atom is -0.393 e. The number of hydrogen-bond donors (Lipinski definition) is 2. The van der Waals surface area contributed by atoms with E-state index in [1.54, 1.807) is 0 Å². The van der Waals surface area contributed by atoms with E-state index in [0.717, 1.165) is 0 Å². The van der Waals surface area contributed by atoms with Crippen molar-refractivity contribution in [3.63, 3.8) is 0 Å². The summed E-state index contributed by atoms with van der Waals surface area (Å²) in [6.45, 7) is -0.189. The van der Waals surface area contributed by atoms with Crippen LogP contribution < -0.4 is 11.2 Å². The highest BCUT2D eigenvalue weighted by atomic mass is 35.5. The number of hydrogen-bond acceptors (Lipinski definition) is 4. The number of halogens is 1. The highest BCUT2D eigenvalue weighted by Gasteiger charge is 2.40. The molecule has 0 saturated carbocycles. The number of ether oxygens (including phenoxy) is 1. The first-order chi connectivity index (χ1) is 8.10. The molecule has 6 nitrogen and oxygen atoms in total. The number of nitrogens with one attached hydrogen (secondary N) is 1. The van der Waals surface area contributed by atoms with Gasteiger partial charge in [0.25, 0.3) is 5.56 Å². The first kappa shape index (κ1) is 12.3. The van der Waals surface area contributed by atoms with E-state index in [9.17, 15) is 14.7 Å². The van der Waals surface area contributed by atoms with E-state index in [1.807, 2.05) is 0 Å². The van der Waals surface area contributed by atoms with Crippen molar-refractivity contribution < 1.29 is 9.84 Å². The molecule has 0 aromatic carbocycles. The fourth-order valence-corrected chi connectivity index (χ4v) is 2.18. The molecule has 1 aliphatic heterocycles. The predicted molar refractivity (Wildman–Crippen MR) is 61.2 cm³/mol. The van der Waals surface area contributed by atoms with Gasteiger partial charge in [-0.1, -0.05) is 0 Å². The molecule has 2 N–H and O–H groups in total. The zero-order valence-electron chi connectivity index (χ0n) is 9.06. The average molecular weight is 261 g/mol. The van der Waals surface area contributed by atoms with Crippen LogP contribution in [0.15, 0.2) is 21.9 Å². The Morgan fingerprint density at radius 2 is 2.41 bits per heavy atom. The smallest absolute Gasteiger partial charge is 0.330 e. The lowest BCUT2D eigenvalue weighted by atomic mass is 10.0. The number of aromatic nitrogens is 2. The summed E-state index contributed by atoms with van der Waals surface area (Å²) in [5.41, 5.74) is -1.76. The highest BCUT2D eigenvalue weighted by molar-refractivity contribution is 6.18. The molecule has 0 radical (unpaired) electrons. The summed E-state index contributed by atoms with van der Waals surface area (Å²) in [6, 6.07) is 1.25. The number of nitrogens with zero attached hydrogens (tertiary/aromatic N) is 1. The molecule has 2 rings (SSSR count). The van der Waals surface area contributed by atoms with Gasteiger partial charge >= 0.3 is 5.69 Å². The molecule has 0 unspecified atom stereocenters. The molecule has 0 bridgehead atoms. The molecular formula is C10H13ClN2O4. The van der Waals surface area contributed by atoms with Gasteiger partial charge in [-0.15, -0.1) is 11.6 Å². The Balaban J connectivity index is 2.26. The number of H-pyrrole nitrogens is 1. The molecule has 17 heavy (non-hydrogen) atoms. The molecule has 1 aromatic heterocycles. The van der Waals surface area contributed by atoms with Crippen LogP contribution in [0.2, 0.25) is 0 Å². The maximum atomic E-state index is 11.5. The summed E-state index contributed by atoms with van der Waals surface area (Å²) < 4.78 is 6.91. The third kappa shape index (κ3) is 2.29. The fraction of sp³-hybridized carbons (Fsp3) is 0.600. The summed E-state index contributed by atoms with van der Waals surface area (Å²) in [7, 11) is 0. The van der Waals surface area contributed by atoms with E-state index in [2.05, 4.69) is 4.98 Å². The Bertz CT molecular complexity index is 506. The minimum atomic E-state index is -0.790. The average Bonchev–Trinajstić information content (AvgIpc) is 2.74. The normalized spacial score (nSPS) is 28.5. The van der Waals surface area contributed by atoms with Crippen molar-refractivity contribution in [2.24, 2.45) is 0 Å². The van der Waals surface area contributed by atoms with Gasteiger partial charge in [0.05, 0.1) is 12.5 Å². The van der Waals surface area contributed by atoms with Gasteiger partial charge in [-0.3, -0.25) is 14.3 Å². The maximum Gasteiger partial charge on any atom is 0.330 e. The third-order valence-corrected chi connectivity index (χ3v) is 3.41. The van der Waals surface area contributed by atoms with Crippen LogP contribution in [-0.4, -0.2) is 32.7 Å². The highest BCUT2D eigenvalue weighted by Crippen LogP contribution is 2.36. The monoisotopic (exact) mass is 260 g/mol. The molecule has 0 aliphatic carbocycles. The number of aromatic amines is 1. The van der Waals surface area contributed by atoms with Crippen molar-refractivity contribution >= 4 is 11.6 Å². The van der Waals surface area contributed by atoms with Gasteiger partial charge in [-0.2, -0.15) is 0 Å². The molecule has 7 heteroatoms. The van der Waals surface area contributed by atoms with Gasteiger partial charge in [0, 0.05) is 12.3 Å². The first-order valence-electron chi connectivity index (χ1n) is 5.26. The van der Waals surface area contributed by atoms with Crippen molar-refractivity contribution in [2.45, 2.75) is 24.7 Å². The van der Waals surface area contributed by atoms with Gasteiger partial charge in [-0.05, 0) is 12.8 Å². The molecule has 94 valence electrons. The van der Waals surface area contributed by atoms with E-state index in [0.29, 0.717) is 12.8 Å². The second kappa shape index (κ2) is 4.64. The summed E-state index contributed by atoms with van der Waals surface area (Å²) in [5.74, 6) is 0.165. The van der Waals surface area contributed by atoms with E-state index < -0.39 is 23.1 Å².